The lowest BCUT2D eigenvalue weighted by atomic mass is 10.1. The maximum atomic E-state index is 12.5. The van der Waals surface area contributed by atoms with E-state index >= 15 is 0 Å². The van der Waals surface area contributed by atoms with Crippen LogP contribution in [0.15, 0.2) is 42.5 Å². The van der Waals surface area contributed by atoms with Gasteiger partial charge in [0.1, 0.15) is 5.82 Å². The lowest BCUT2D eigenvalue weighted by Crippen LogP contribution is -2.13. The summed E-state index contributed by atoms with van der Waals surface area (Å²) in [5, 5.41) is 9.80. The summed E-state index contributed by atoms with van der Waals surface area (Å²) in [5.41, 5.74) is 2.03. The van der Waals surface area contributed by atoms with Crippen molar-refractivity contribution in [1.82, 2.24) is 15.2 Å². The fraction of sp³-hybridized carbons (Fsp3) is 0.250. The van der Waals surface area contributed by atoms with Gasteiger partial charge in [0, 0.05) is 16.8 Å². The highest BCUT2D eigenvalue weighted by Gasteiger charge is 2.13. The standard InChI is InChI=1S/C20H22N4O3/c1-12(2)27-17-10-7-15(11-18(17)26-4)20(25)22-16-8-5-14(6-9-16)19-21-13(3)23-24-19/h5-12H,1-4H3,(H,22,25)(H,21,23,24). The minimum Gasteiger partial charge on any atom is -0.493 e. The smallest absolute Gasteiger partial charge is 0.255 e. The van der Waals surface area contributed by atoms with Crippen LogP contribution < -0.4 is 14.8 Å². The molecule has 0 aliphatic carbocycles. The Kier molecular flexibility index (Phi) is 5.40. The summed E-state index contributed by atoms with van der Waals surface area (Å²) >= 11 is 0. The number of benzene rings is 2. The Hall–Kier alpha value is -3.35. The van der Waals surface area contributed by atoms with E-state index in [1.165, 1.54) is 0 Å². The molecule has 0 aliphatic rings. The average molecular weight is 366 g/mol. The molecule has 7 nitrogen and oxygen atoms in total. The first-order chi connectivity index (χ1) is 13.0. The fourth-order valence-corrected chi connectivity index (χ4v) is 2.54. The third-order valence-corrected chi connectivity index (χ3v) is 3.79. The third kappa shape index (κ3) is 4.44. The zero-order valence-corrected chi connectivity index (χ0v) is 15.7. The summed E-state index contributed by atoms with van der Waals surface area (Å²) in [6.45, 7) is 5.71. The molecule has 1 amide bonds. The van der Waals surface area contributed by atoms with E-state index in [1.807, 2.05) is 45.0 Å². The van der Waals surface area contributed by atoms with Gasteiger partial charge >= 0.3 is 0 Å². The van der Waals surface area contributed by atoms with Crippen LogP contribution in [0, 0.1) is 6.92 Å². The van der Waals surface area contributed by atoms with Gasteiger partial charge in [0.05, 0.1) is 13.2 Å². The van der Waals surface area contributed by atoms with Gasteiger partial charge in [-0.25, -0.2) is 4.98 Å². The molecule has 3 rings (SSSR count). The molecule has 2 N–H and O–H groups in total. The number of nitrogens with one attached hydrogen (secondary N) is 2. The number of rotatable bonds is 6. The van der Waals surface area contributed by atoms with Crippen molar-refractivity contribution < 1.29 is 14.3 Å². The number of carbonyl (C=O) groups is 1. The van der Waals surface area contributed by atoms with Crippen LogP contribution in [0.1, 0.15) is 30.0 Å². The first-order valence-electron chi connectivity index (χ1n) is 8.61. The molecule has 0 spiro atoms. The fourth-order valence-electron chi connectivity index (χ4n) is 2.54. The third-order valence-electron chi connectivity index (χ3n) is 3.79. The van der Waals surface area contributed by atoms with Crippen LogP contribution in [0.5, 0.6) is 11.5 Å². The van der Waals surface area contributed by atoms with E-state index in [1.54, 1.807) is 25.3 Å². The molecule has 0 aliphatic heterocycles. The van der Waals surface area contributed by atoms with Crippen molar-refractivity contribution in [2.45, 2.75) is 26.9 Å². The lowest BCUT2D eigenvalue weighted by Gasteiger charge is -2.14. The number of amides is 1. The summed E-state index contributed by atoms with van der Waals surface area (Å²) in [7, 11) is 1.55. The average Bonchev–Trinajstić information content (AvgIpc) is 3.08. The zero-order valence-electron chi connectivity index (χ0n) is 15.7. The molecule has 0 radical (unpaired) electrons. The van der Waals surface area contributed by atoms with E-state index in [-0.39, 0.29) is 12.0 Å². The van der Waals surface area contributed by atoms with Crippen LogP contribution >= 0.6 is 0 Å². The Labute approximate surface area is 157 Å². The number of hydrogen-bond donors (Lipinski definition) is 2. The second-order valence-electron chi connectivity index (χ2n) is 6.31. The molecule has 1 heterocycles. The van der Waals surface area contributed by atoms with Crippen molar-refractivity contribution in [3.63, 3.8) is 0 Å². The SMILES string of the molecule is COc1cc(C(=O)Nc2ccc(-c3n[nH]c(C)n3)cc2)ccc1OC(C)C. The largest absolute Gasteiger partial charge is 0.493 e. The van der Waals surface area contributed by atoms with Crippen LogP contribution in [0.2, 0.25) is 0 Å². The van der Waals surface area contributed by atoms with Crippen molar-refractivity contribution in [2.75, 3.05) is 12.4 Å². The topological polar surface area (TPSA) is 89.1 Å². The van der Waals surface area contributed by atoms with Crippen molar-refractivity contribution in [2.24, 2.45) is 0 Å². The number of H-pyrrole nitrogens is 1. The Balaban J connectivity index is 1.73. The molecule has 27 heavy (non-hydrogen) atoms. The number of carbonyl (C=O) groups excluding carboxylic acids is 1. The summed E-state index contributed by atoms with van der Waals surface area (Å²) in [5.74, 6) is 2.27. The number of aromatic nitrogens is 3. The summed E-state index contributed by atoms with van der Waals surface area (Å²) in [4.78, 5) is 16.8. The Morgan fingerprint density at radius 3 is 2.44 bits per heavy atom. The number of hydrogen-bond acceptors (Lipinski definition) is 5. The second-order valence-corrected chi connectivity index (χ2v) is 6.31. The molecular weight excluding hydrogens is 344 g/mol. The Morgan fingerprint density at radius 2 is 1.85 bits per heavy atom. The summed E-state index contributed by atoms with van der Waals surface area (Å²) in [6, 6.07) is 12.5. The van der Waals surface area contributed by atoms with Crippen LogP contribution in [-0.2, 0) is 0 Å². The molecule has 0 bridgehead atoms. The monoisotopic (exact) mass is 366 g/mol. The van der Waals surface area contributed by atoms with Gasteiger partial charge in [-0.05, 0) is 63.2 Å². The van der Waals surface area contributed by atoms with E-state index in [4.69, 9.17) is 9.47 Å². The van der Waals surface area contributed by atoms with Gasteiger partial charge in [0.15, 0.2) is 17.3 Å². The van der Waals surface area contributed by atoms with Gasteiger partial charge in [-0.1, -0.05) is 0 Å². The van der Waals surface area contributed by atoms with E-state index < -0.39 is 0 Å². The van der Waals surface area contributed by atoms with Gasteiger partial charge in [-0.3, -0.25) is 9.89 Å². The first kappa shape index (κ1) is 18.4. The number of methoxy groups -OCH3 is 1. The number of aromatic amines is 1. The van der Waals surface area contributed by atoms with Gasteiger partial charge < -0.3 is 14.8 Å². The van der Waals surface area contributed by atoms with Gasteiger partial charge in [0.2, 0.25) is 0 Å². The van der Waals surface area contributed by atoms with Crippen LogP contribution in [0.3, 0.4) is 0 Å². The van der Waals surface area contributed by atoms with E-state index in [9.17, 15) is 4.79 Å². The van der Waals surface area contributed by atoms with Gasteiger partial charge in [-0.15, -0.1) is 0 Å². The van der Waals surface area contributed by atoms with Crippen molar-refractivity contribution in [3.8, 4) is 22.9 Å². The minimum atomic E-state index is -0.231. The quantitative estimate of drug-likeness (QED) is 0.692. The summed E-state index contributed by atoms with van der Waals surface area (Å²) < 4.78 is 11.0. The van der Waals surface area contributed by atoms with E-state index in [0.29, 0.717) is 28.6 Å². The second kappa shape index (κ2) is 7.90. The first-order valence-corrected chi connectivity index (χ1v) is 8.61. The molecule has 0 saturated heterocycles. The number of ether oxygens (including phenoxy) is 2. The van der Waals surface area contributed by atoms with Crippen LogP contribution in [-0.4, -0.2) is 34.3 Å². The van der Waals surface area contributed by atoms with Crippen LogP contribution in [0.25, 0.3) is 11.4 Å². The zero-order chi connectivity index (χ0) is 19.4. The molecule has 140 valence electrons. The molecule has 0 atom stereocenters. The van der Waals surface area contributed by atoms with Crippen molar-refractivity contribution >= 4 is 11.6 Å². The molecular formula is C20H22N4O3. The van der Waals surface area contributed by atoms with E-state index in [0.717, 1.165) is 11.4 Å². The Morgan fingerprint density at radius 1 is 1.11 bits per heavy atom. The maximum Gasteiger partial charge on any atom is 0.255 e. The summed E-state index contributed by atoms with van der Waals surface area (Å²) in [6.07, 6.45) is 0.0184. The van der Waals surface area contributed by atoms with Gasteiger partial charge in [0.25, 0.3) is 5.91 Å². The maximum absolute atomic E-state index is 12.5. The minimum absolute atomic E-state index is 0.0184. The van der Waals surface area contributed by atoms with Crippen molar-refractivity contribution in [3.05, 3.63) is 53.9 Å². The normalized spacial score (nSPS) is 10.7. The molecule has 0 fully saturated rings. The predicted molar refractivity (Wildman–Crippen MR) is 103 cm³/mol. The Bertz CT molecular complexity index is 933. The number of anilines is 1. The predicted octanol–water partition coefficient (Wildman–Crippen LogP) is 3.83. The number of nitrogens with zero attached hydrogens (tertiary/aromatic N) is 2. The van der Waals surface area contributed by atoms with E-state index in [2.05, 4.69) is 20.5 Å². The van der Waals surface area contributed by atoms with Gasteiger partial charge in [-0.2, -0.15) is 5.10 Å². The highest BCUT2D eigenvalue weighted by Crippen LogP contribution is 2.29. The van der Waals surface area contributed by atoms with Crippen LogP contribution in [0.4, 0.5) is 5.69 Å². The molecule has 0 unspecified atom stereocenters. The highest BCUT2D eigenvalue weighted by atomic mass is 16.5. The lowest BCUT2D eigenvalue weighted by molar-refractivity contribution is 0.102. The molecule has 3 aromatic rings. The molecule has 2 aromatic carbocycles. The molecule has 0 saturated carbocycles. The number of aryl methyl sites for hydroxylation is 1. The molecule has 1 aromatic heterocycles. The molecule has 7 heteroatoms. The van der Waals surface area contributed by atoms with Crippen molar-refractivity contribution in [1.29, 1.82) is 0 Å². The highest BCUT2D eigenvalue weighted by molar-refractivity contribution is 6.04.